The van der Waals surface area contributed by atoms with E-state index in [9.17, 15) is 9.59 Å². The van der Waals surface area contributed by atoms with Gasteiger partial charge in [-0.05, 0) is 112 Å². The van der Waals surface area contributed by atoms with Crippen molar-refractivity contribution < 1.29 is 14.3 Å². The number of Topliss-reactive ketones (excluding diaryl/α,β-unsaturated/α-hetero) is 1. The second kappa shape index (κ2) is 14.5. The fraction of sp³-hybridized carbons (Fsp3) is 0.136. The number of hydrogen-bond acceptors (Lipinski definition) is 4. The molecule has 50 heavy (non-hydrogen) atoms. The molecule has 0 saturated carbocycles. The predicted molar refractivity (Wildman–Crippen MR) is 204 cm³/mol. The van der Waals surface area contributed by atoms with E-state index in [1.165, 1.54) is 21.9 Å². The number of amides is 1. The van der Waals surface area contributed by atoms with E-state index in [1.807, 2.05) is 67.7 Å². The number of rotatable bonds is 5. The molecule has 0 saturated heterocycles. The van der Waals surface area contributed by atoms with Gasteiger partial charge in [-0.15, -0.1) is 0 Å². The molecule has 1 aliphatic heterocycles. The highest BCUT2D eigenvalue weighted by atomic mass is 35.5. The zero-order valence-corrected chi connectivity index (χ0v) is 28.8. The first kappa shape index (κ1) is 32.9. The van der Waals surface area contributed by atoms with Gasteiger partial charge in [0.15, 0.2) is 5.78 Å². The van der Waals surface area contributed by atoms with E-state index >= 15 is 0 Å². The summed E-state index contributed by atoms with van der Waals surface area (Å²) in [7, 11) is 1.55. The SMILES string of the molecule is C1=CNc2ccccc2C=C1.COc1cc(NC(=O)c2ccccc2C)ccc1C(=O)C1=c2ccc3c(c2CCC1)CC=c1c(Cl)cccc1=3. The Balaban J connectivity index is 0.000000302. The van der Waals surface area contributed by atoms with Crippen molar-refractivity contribution in [3.8, 4) is 5.75 Å². The molecule has 0 unspecified atom stereocenters. The van der Waals surface area contributed by atoms with Gasteiger partial charge in [-0.2, -0.15) is 0 Å². The normalized spacial score (nSPS) is 13.5. The average Bonchev–Trinajstić information content (AvgIpc) is 3.40. The summed E-state index contributed by atoms with van der Waals surface area (Å²) in [5.41, 5.74) is 8.33. The molecule has 0 bridgehead atoms. The van der Waals surface area contributed by atoms with Gasteiger partial charge in [-0.1, -0.05) is 90.5 Å². The van der Waals surface area contributed by atoms with Crippen LogP contribution in [0.3, 0.4) is 0 Å². The van der Waals surface area contributed by atoms with Gasteiger partial charge in [0.25, 0.3) is 5.91 Å². The van der Waals surface area contributed by atoms with Crippen LogP contribution >= 0.6 is 11.6 Å². The lowest BCUT2D eigenvalue weighted by atomic mass is 9.83. The van der Waals surface area contributed by atoms with Gasteiger partial charge in [-0.3, -0.25) is 9.59 Å². The van der Waals surface area contributed by atoms with Crippen molar-refractivity contribution >= 4 is 52.4 Å². The molecule has 2 N–H and O–H groups in total. The Morgan fingerprint density at radius 1 is 0.800 bits per heavy atom. The number of methoxy groups -OCH3 is 1. The minimum absolute atomic E-state index is 0.0345. The fourth-order valence-corrected chi connectivity index (χ4v) is 7.27. The molecule has 1 heterocycles. The maximum atomic E-state index is 13.9. The summed E-state index contributed by atoms with van der Waals surface area (Å²) in [4.78, 5) is 26.7. The number of fused-ring (bicyclic) bond motifs is 5. The lowest BCUT2D eigenvalue weighted by Crippen LogP contribution is -2.26. The Morgan fingerprint density at radius 2 is 1.62 bits per heavy atom. The van der Waals surface area contributed by atoms with Crippen LogP contribution in [0.5, 0.6) is 5.75 Å². The number of ether oxygens (including phenoxy) is 1. The maximum absolute atomic E-state index is 13.9. The number of nitrogens with one attached hydrogen (secondary N) is 2. The number of carbonyl (C=O) groups excluding carboxylic acids is 2. The van der Waals surface area contributed by atoms with Gasteiger partial charge in [0.1, 0.15) is 5.75 Å². The molecular weight excluding hydrogens is 640 g/mol. The standard InChI is InChI=1S/C34H28ClNO3.C10H9N/c1-20-7-3-4-8-22(20)34(38)36-21-13-14-30(32(19-21)39-2)33(37)29-11-5-9-23-25-17-18-28-24(10-6-12-31(28)35)26(25)15-16-27(23)29;1-2-7-10-9(5-1)6-3-4-8-11-10/h3-4,6-8,10,12-16,18-19H,5,9,11,17H2,1-2H3,(H,36,38);1-8,11H. The molecule has 0 fully saturated rings. The van der Waals surface area contributed by atoms with Crippen LogP contribution in [0.15, 0.2) is 115 Å². The largest absolute Gasteiger partial charge is 0.496 e. The lowest BCUT2D eigenvalue weighted by molar-refractivity contribution is 0.102. The number of hydrogen-bond donors (Lipinski definition) is 2. The first-order valence-corrected chi connectivity index (χ1v) is 17.2. The van der Waals surface area contributed by atoms with Crippen molar-refractivity contribution in [2.45, 2.75) is 32.6 Å². The number of anilines is 2. The third-order valence-corrected chi connectivity index (χ3v) is 9.84. The van der Waals surface area contributed by atoms with Crippen molar-refractivity contribution in [3.63, 3.8) is 0 Å². The molecular formula is C44H37ClN2O3. The van der Waals surface area contributed by atoms with E-state index in [0.29, 0.717) is 29.0 Å². The number of para-hydroxylation sites is 1. The van der Waals surface area contributed by atoms with Crippen molar-refractivity contribution in [1.29, 1.82) is 0 Å². The molecule has 5 nitrogen and oxygen atoms in total. The van der Waals surface area contributed by atoms with Crippen LogP contribution in [0.2, 0.25) is 5.02 Å². The Morgan fingerprint density at radius 3 is 2.48 bits per heavy atom. The zero-order chi connectivity index (χ0) is 34.6. The molecule has 1 amide bonds. The van der Waals surface area contributed by atoms with Gasteiger partial charge in [0, 0.05) is 39.8 Å². The molecule has 2 aliphatic carbocycles. The predicted octanol–water partition coefficient (Wildman–Crippen LogP) is 8.54. The zero-order valence-electron chi connectivity index (χ0n) is 28.1. The van der Waals surface area contributed by atoms with E-state index in [4.69, 9.17) is 16.3 Å². The number of ketones is 1. The Kier molecular flexibility index (Phi) is 9.50. The number of halogens is 1. The van der Waals surface area contributed by atoms with Crippen LogP contribution in [-0.4, -0.2) is 18.8 Å². The molecule has 0 radical (unpaired) electrons. The highest BCUT2D eigenvalue weighted by Gasteiger charge is 2.23. The highest BCUT2D eigenvalue weighted by molar-refractivity contribution is 6.30. The van der Waals surface area contributed by atoms with Crippen LogP contribution in [-0.2, 0) is 12.8 Å². The summed E-state index contributed by atoms with van der Waals surface area (Å²) in [6.07, 6.45) is 13.6. The molecule has 0 aromatic heterocycles. The summed E-state index contributed by atoms with van der Waals surface area (Å²) < 4.78 is 5.63. The molecule has 248 valence electrons. The van der Waals surface area contributed by atoms with Crippen molar-refractivity contribution in [1.82, 2.24) is 0 Å². The van der Waals surface area contributed by atoms with Gasteiger partial charge in [0.2, 0.25) is 0 Å². The van der Waals surface area contributed by atoms with Crippen LogP contribution < -0.4 is 25.8 Å². The summed E-state index contributed by atoms with van der Waals surface area (Å²) in [5.74, 6) is 0.207. The summed E-state index contributed by atoms with van der Waals surface area (Å²) >= 11 is 6.48. The Labute approximate surface area is 296 Å². The third-order valence-electron chi connectivity index (χ3n) is 9.51. The van der Waals surface area contributed by atoms with E-state index in [2.05, 4.69) is 53.1 Å². The van der Waals surface area contributed by atoms with Crippen LogP contribution in [0.4, 0.5) is 11.4 Å². The van der Waals surface area contributed by atoms with E-state index in [-0.39, 0.29) is 11.7 Å². The molecule has 5 aromatic carbocycles. The van der Waals surface area contributed by atoms with Crippen molar-refractivity contribution in [3.05, 3.63) is 175 Å². The van der Waals surface area contributed by atoms with E-state index in [1.54, 1.807) is 31.4 Å². The molecule has 8 rings (SSSR count). The Bertz CT molecular complexity index is 2440. The number of aryl methyl sites for hydroxylation is 1. The van der Waals surface area contributed by atoms with Crippen molar-refractivity contribution in [2.75, 3.05) is 17.7 Å². The number of carbonyl (C=O) groups is 2. The van der Waals surface area contributed by atoms with Gasteiger partial charge in [0.05, 0.1) is 12.7 Å². The van der Waals surface area contributed by atoms with Gasteiger partial charge in [-0.25, -0.2) is 0 Å². The minimum Gasteiger partial charge on any atom is -0.496 e. The van der Waals surface area contributed by atoms with Gasteiger partial charge < -0.3 is 15.4 Å². The highest BCUT2D eigenvalue weighted by Crippen LogP contribution is 2.30. The summed E-state index contributed by atoms with van der Waals surface area (Å²) in [6.45, 7) is 1.90. The van der Waals surface area contributed by atoms with Crippen LogP contribution in [0.25, 0.3) is 17.7 Å². The quantitative estimate of drug-likeness (QED) is 0.183. The topological polar surface area (TPSA) is 67.4 Å². The van der Waals surface area contributed by atoms with Gasteiger partial charge >= 0.3 is 0 Å². The smallest absolute Gasteiger partial charge is 0.255 e. The minimum atomic E-state index is -0.200. The molecule has 5 aromatic rings. The van der Waals surface area contributed by atoms with Crippen molar-refractivity contribution in [2.24, 2.45) is 0 Å². The third kappa shape index (κ3) is 6.52. The van der Waals surface area contributed by atoms with E-state index < -0.39 is 0 Å². The first-order chi connectivity index (χ1) is 24.4. The van der Waals surface area contributed by atoms with Crippen LogP contribution in [0.1, 0.15) is 55.8 Å². The molecule has 6 heteroatoms. The molecule has 3 aliphatic rings. The average molecular weight is 677 g/mol. The summed E-state index contributed by atoms with van der Waals surface area (Å²) in [6, 6.07) is 31.2. The molecule has 0 spiro atoms. The first-order valence-electron chi connectivity index (χ1n) is 16.8. The van der Waals surface area contributed by atoms with E-state index in [0.717, 1.165) is 56.8 Å². The lowest BCUT2D eigenvalue weighted by Gasteiger charge is -2.21. The second-order valence-electron chi connectivity index (χ2n) is 12.5. The number of allylic oxidation sites excluding steroid dienone is 2. The maximum Gasteiger partial charge on any atom is 0.255 e. The Hall–Kier alpha value is -5.65. The monoisotopic (exact) mass is 676 g/mol. The second-order valence-corrected chi connectivity index (χ2v) is 12.9. The number of benzene rings is 5. The summed E-state index contributed by atoms with van der Waals surface area (Å²) in [5, 5.41) is 11.3. The fourth-order valence-electron chi connectivity index (χ4n) is 7.01. The van der Waals surface area contributed by atoms with Crippen LogP contribution in [0, 0.1) is 17.4 Å². The molecule has 0 atom stereocenters.